The molecule has 6 atom stereocenters. The highest BCUT2D eigenvalue weighted by molar-refractivity contribution is 5.74. The Hall–Kier alpha value is -4.88. The zero-order valence-electron chi connectivity index (χ0n) is 44.8. The second-order valence-electron chi connectivity index (χ2n) is 18.1. The summed E-state index contributed by atoms with van der Waals surface area (Å²) in [7, 11) is 0. The maximum Gasteiger partial charge on any atom is 0.335 e. The maximum atomic E-state index is 13.1. The van der Waals surface area contributed by atoms with Gasteiger partial charge in [-0.15, -0.1) is 0 Å². The Labute approximate surface area is 439 Å². The van der Waals surface area contributed by atoms with Gasteiger partial charge in [0.2, 0.25) is 0 Å². The van der Waals surface area contributed by atoms with Crippen molar-refractivity contribution in [1.29, 1.82) is 0 Å². The van der Waals surface area contributed by atoms with E-state index < -0.39 is 67.3 Å². The van der Waals surface area contributed by atoms with Crippen molar-refractivity contribution in [2.24, 2.45) is 0 Å². The fourth-order valence-corrected chi connectivity index (χ4v) is 7.35. The molecule has 0 saturated carbocycles. The fourth-order valence-electron chi connectivity index (χ4n) is 7.35. The molecule has 1 aliphatic rings. The first-order valence-electron chi connectivity index (χ1n) is 27.5. The number of carbonyl (C=O) groups excluding carboxylic acids is 3. The molecule has 1 fully saturated rings. The molecular formula is C61H94O12. The number of hydrogen-bond acceptors (Lipinski definition) is 11. The number of rotatable bonds is 44. The summed E-state index contributed by atoms with van der Waals surface area (Å²) in [4.78, 5) is 50.9. The zero-order valence-corrected chi connectivity index (χ0v) is 44.8. The molecule has 0 aromatic carbocycles. The van der Waals surface area contributed by atoms with Gasteiger partial charge in [-0.25, -0.2) is 4.79 Å². The van der Waals surface area contributed by atoms with Gasteiger partial charge in [0.05, 0.1) is 6.61 Å². The van der Waals surface area contributed by atoms with Gasteiger partial charge < -0.3 is 39.0 Å². The molecule has 1 rings (SSSR count). The van der Waals surface area contributed by atoms with Gasteiger partial charge in [0.1, 0.15) is 18.8 Å². The molecular weight excluding hydrogens is 925 g/mol. The molecule has 0 aromatic heterocycles. The van der Waals surface area contributed by atoms with Crippen LogP contribution in [0.3, 0.4) is 0 Å². The third kappa shape index (κ3) is 38.4. The van der Waals surface area contributed by atoms with E-state index in [1.807, 2.05) is 30.4 Å². The van der Waals surface area contributed by atoms with Gasteiger partial charge in [-0.1, -0.05) is 181 Å². The van der Waals surface area contributed by atoms with Crippen molar-refractivity contribution in [2.45, 2.75) is 225 Å². The lowest BCUT2D eigenvalue weighted by atomic mass is 9.98. The van der Waals surface area contributed by atoms with Crippen LogP contribution in [0.4, 0.5) is 0 Å². The number of carbonyl (C=O) groups is 4. The summed E-state index contributed by atoms with van der Waals surface area (Å²) in [6, 6.07) is 0. The smallest absolute Gasteiger partial charge is 0.335 e. The number of carboxylic acid groups (broad SMARTS) is 1. The second-order valence-corrected chi connectivity index (χ2v) is 18.1. The Morgan fingerprint density at radius 2 is 0.904 bits per heavy atom. The summed E-state index contributed by atoms with van der Waals surface area (Å²) in [5.74, 6) is -3.34. The lowest BCUT2D eigenvalue weighted by Crippen LogP contribution is -2.61. The number of aliphatic hydroxyl groups excluding tert-OH is 2. The summed E-state index contributed by atoms with van der Waals surface area (Å²) in [6.45, 7) is 5.59. The van der Waals surface area contributed by atoms with Crippen LogP contribution in [0.25, 0.3) is 0 Å². The van der Waals surface area contributed by atoms with Gasteiger partial charge in [-0.3, -0.25) is 14.4 Å². The topological polar surface area (TPSA) is 175 Å². The normalized spacial score (nSPS) is 19.3. The molecule has 3 N–H and O–H groups in total. The number of unbranched alkanes of at least 4 members (excludes halogenated alkanes) is 10. The van der Waals surface area contributed by atoms with Crippen LogP contribution in [0.1, 0.15) is 188 Å². The van der Waals surface area contributed by atoms with E-state index in [2.05, 4.69) is 112 Å². The molecule has 0 amide bonds. The lowest BCUT2D eigenvalue weighted by Gasteiger charge is -2.40. The van der Waals surface area contributed by atoms with Crippen molar-refractivity contribution in [3.05, 3.63) is 122 Å². The molecule has 0 radical (unpaired) electrons. The molecule has 0 aliphatic carbocycles. The quantitative estimate of drug-likeness (QED) is 0.0228. The van der Waals surface area contributed by atoms with E-state index in [9.17, 15) is 34.5 Å². The van der Waals surface area contributed by atoms with E-state index in [0.29, 0.717) is 32.1 Å². The van der Waals surface area contributed by atoms with E-state index in [1.165, 1.54) is 25.7 Å². The van der Waals surface area contributed by atoms with Crippen molar-refractivity contribution in [2.75, 3.05) is 13.2 Å². The van der Waals surface area contributed by atoms with E-state index in [-0.39, 0.29) is 25.9 Å². The Kier molecular flexibility index (Phi) is 43.6. The molecule has 1 aliphatic heterocycles. The molecule has 1 saturated heterocycles. The number of carboxylic acids is 1. The minimum absolute atomic E-state index is 0.0221. The van der Waals surface area contributed by atoms with Crippen LogP contribution in [-0.4, -0.2) is 89.2 Å². The van der Waals surface area contributed by atoms with E-state index in [0.717, 1.165) is 89.9 Å². The number of aliphatic carboxylic acids is 1. The van der Waals surface area contributed by atoms with Gasteiger partial charge in [-0.05, 0) is 109 Å². The third-order valence-corrected chi connectivity index (χ3v) is 11.5. The minimum Gasteiger partial charge on any atom is -0.479 e. The molecule has 12 nitrogen and oxygen atoms in total. The van der Waals surface area contributed by atoms with Crippen LogP contribution in [0, 0.1) is 0 Å². The van der Waals surface area contributed by atoms with Crippen LogP contribution in [0.2, 0.25) is 0 Å². The standard InChI is InChI=1S/C61H94O12/c1-4-7-10-13-16-19-22-25-26-27-28-31-32-35-38-41-44-47-53(62)69-50-52(71-54(63)48-45-42-39-36-33-29-23-20-17-14-11-8-5-2)51-70-61-59(57(66)56(65)58(73-61)60(67)68)72-55(64)49-46-43-40-37-34-30-24-21-18-15-12-9-6-3/h7-8,10-11,16-17,19-21,24-26,28-29,31,33,35,38-39,42,52,56-59,61,65-66H,4-6,9,12-15,18,22-23,27,30,32,34,36-37,40-41,43-51H2,1-3H3,(H,67,68)/b10-7-,11-8-,19-16-,20-17-,24-21-,26-25-,31-28-,33-29-,38-35-,42-39-. The van der Waals surface area contributed by atoms with Gasteiger partial charge in [0.15, 0.2) is 24.6 Å². The van der Waals surface area contributed by atoms with Crippen molar-refractivity contribution < 1.29 is 58.2 Å². The second kappa shape index (κ2) is 48.1. The van der Waals surface area contributed by atoms with Crippen molar-refractivity contribution >= 4 is 23.9 Å². The number of allylic oxidation sites excluding steroid dienone is 20. The lowest BCUT2D eigenvalue weighted by molar-refractivity contribution is -0.301. The zero-order chi connectivity index (χ0) is 53.3. The molecule has 6 unspecified atom stereocenters. The molecule has 73 heavy (non-hydrogen) atoms. The highest BCUT2D eigenvalue weighted by atomic mass is 16.7. The molecule has 0 spiro atoms. The fraction of sp³-hybridized carbons (Fsp3) is 0.607. The van der Waals surface area contributed by atoms with Gasteiger partial charge >= 0.3 is 23.9 Å². The SMILES string of the molecule is CC/C=C\C/C=C\C/C=C\C/C=C\C/C=C\CCCC(=O)OCC(COC1OC(C(=O)O)C(O)C(O)C1OC(=O)CCCCCCC/C=C\CCCCCC)OC(=O)CC/C=C\C/C=C\C/C=C\C/C=C\CC. The molecule has 0 bridgehead atoms. The number of esters is 3. The van der Waals surface area contributed by atoms with Crippen LogP contribution in [0.15, 0.2) is 122 Å². The minimum atomic E-state index is -1.93. The van der Waals surface area contributed by atoms with Gasteiger partial charge in [-0.2, -0.15) is 0 Å². The third-order valence-electron chi connectivity index (χ3n) is 11.5. The molecule has 410 valence electrons. The average molecular weight is 1020 g/mol. The highest BCUT2D eigenvalue weighted by Gasteiger charge is 2.50. The van der Waals surface area contributed by atoms with Crippen LogP contribution < -0.4 is 0 Å². The van der Waals surface area contributed by atoms with Gasteiger partial charge in [0.25, 0.3) is 0 Å². The van der Waals surface area contributed by atoms with Crippen LogP contribution in [0.5, 0.6) is 0 Å². The summed E-state index contributed by atoms with van der Waals surface area (Å²) >= 11 is 0. The summed E-state index contributed by atoms with van der Waals surface area (Å²) < 4.78 is 28.2. The maximum absolute atomic E-state index is 13.1. The van der Waals surface area contributed by atoms with Crippen molar-refractivity contribution in [3.8, 4) is 0 Å². The molecule has 12 heteroatoms. The number of ether oxygens (including phenoxy) is 5. The van der Waals surface area contributed by atoms with E-state index in [4.69, 9.17) is 23.7 Å². The Morgan fingerprint density at radius 3 is 1.42 bits per heavy atom. The van der Waals surface area contributed by atoms with Gasteiger partial charge in [0, 0.05) is 19.3 Å². The predicted molar refractivity (Wildman–Crippen MR) is 293 cm³/mol. The molecule has 1 heterocycles. The van der Waals surface area contributed by atoms with Crippen LogP contribution in [-0.2, 0) is 42.9 Å². The van der Waals surface area contributed by atoms with Crippen molar-refractivity contribution in [1.82, 2.24) is 0 Å². The Morgan fingerprint density at radius 1 is 0.466 bits per heavy atom. The van der Waals surface area contributed by atoms with E-state index >= 15 is 0 Å². The van der Waals surface area contributed by atoms with E-state index in [1.54, 1.807) is 0 Å². The highest BCUT2D eigenvalue weighted by Crippen LogP contribution is 2.26. The van der Waals surface area contributed by atoms with Crippen LogP contribution >= 0.6 is 0 Å². The summed E-state index contributed by atoms with van der Waals surface area (Å²) in [5, 5.41) is 31.4. The first-order valence-corrected chi connectivity index (χ1v) is 27.5. The number of aliphatic hydroxyl groups is 2. The summed E-state index contributed by atoms with van der Waals surface area (Å²) in [5.41, 5.74) is 0. The van der Waals surface area contributed by atoms with Crippen molar-refractivity contribution in [3.63, 3.8) is 0 Å². The Balaban J connectivity index is 2.80. The first kappa shape index (κ1) is 66.1. The number of hydrogen-bond donors (Lipinski definition) is 3. The average Bonchev–Trinajstić information content (AvgIpc) is 3.37. The largest absolute Gasteiger partial charge is 0.479 e. The Bertz CT molecular complexity index is 1730. The summed E-state index contributed by atoms with van der Waals surface area (Å²) in [6.07, 6.45) is 53.5. The predicted octanol–water partition coefficient (Wildman–Crippen LogP) is 13.7. The molecule has 0 aromatic rings. The first-order chi connectivity index (χ1) is 35.6. The monoisotopic (exact) mass is 1020 g/mol.